The van der Waals surface area contributed by atoms with E-state index in [9.17, 15) is 39.9 Å². The van der Waals surface area contributed by atoms with Crippen molar-refractivity contribution >= 4 is 17.9 Å². The van der Waals surface area contributed by atoms with Gasteiger partial charge in [0, 0.05) is 36.4 Å². The molecular weight excluding hydrogens is 1070 g/mol. The molecule has 0 spiro atoms. The molecule has 0 bridgehead atoms. The molecule has 0 radical (unpaired) electrons. The zero-order valence-electron chi connectivity index (χ0n) is 45.9. The van der Waals surface area contributed by atoms with Crippen molar-refractivity contribution in [1.29, 1.82) is 0 Å². The van der Waals surface area contributed by atoms with Gasteiger partial charge in [0.05, 0.1) is 83.1 Å². The quantitative estimate of drug-likeness (QED) is 0.0377. The molecule has 6 aromatic carbocycles. The van der Waals surface area contributed by atoms with Crippen molar-refractivity contribution in [3.63, 3.8) is 0 Å². The molecule has 0 saturated heterocycles. The first-order valence-electron chi connectivity index (χ1n) is 24.5. The molecule has 24 heteroatoms. The number of rotatable bonds is 19. The third-order valence-electron chi connectivity index (χ3n) is 12.0. The summed E-state index contributed by atoms with van der Waals surface area (Å²) in [7, 11) is 9.79. The summed E-state index contributed by atoms with van der Waals surface area (Å²) < 4.78 is 51.8. The molecular formula is C58H56N6O18. The summed E-state index contributed by atoms with van der Waals surface area (Å²) in [5.41, 5.74) is 1.67. The Hall–Kier alpha value is -10.7. The fraction of sp³-hybridized carbons (Fsp3) is 0.224. The summed E-state index contributed by atoms with van der Waals surface area (Å²) in [6.45, 7) is 4.46. The van der Waals surface area contributed by atoms with E-state index in [4.69, 9.17) is 33.2 Å². The average Bonchev–Trinajstić information content (AvgIpc) is 3.54. The predicted octanol–water partition coefficient (Wildman–Crippen LogP) is 8.13. The lowest BCUT2D eigenvalue weighted by molar-refractivity contribution is -0.148. The summed E-state index contributed by atoms with van der Waals surface area (Å²) in [5, 5.41) is 54.1. The third kappa shape index (κ3) is 13.8. The maximum Gasteiger partial charge on any atom is 0.346 e. The minimum Gasteiger partial charge on any atom is -0.507 e. The van der Waals surface area contributed by atoms with E-state index in [0.29, 0.717) is 39.7 Å². The molecule has 0 aliphatic heterocycles. The molecule has 24 nitrogen and oxygen atoms in total. The van der Waals surface area contributed by atoms with Gasteiger partial charge in [-0.05, 0) is 93.6 Å². The van der Waals surface area contributed by atoms with Crippen molar-refractivity contribution in [1.82, 2.24) is 29.9 Å². The number of hydrogen-bond acceptors (Lipinski definition) is 24. The first-order chi connectivity index (χ1) is 39.3. The number of esters is 3. The summed E-state index contributed by atoms with van der Waals surface area (Å²) in [6, 6.07) is 27.4. The number of nitrogens with zero attached hydrogens (tertiary/aromatic N) is 6. The lowest BCUT2D eigenvalue weighted by Crippen LogP contribution is -2.24. The second-order valence-electron chi connectivity index (χ2n) is 17.3. The Morgan fingerprint density at radius 1 is 0.317 bits per heavy atom. The number of phenols is 5. The number of hydrogen-bond donors (Lipinski definition) is 5. The van der Waals surface area contributed by atoms with Crippen LogP contribution in [-0.4, -0.2) is 141 Å². The van der Waals surface area contributed by atoms with Gasteiger partial charge in [-0.2, -0.15) is 0 Å². The van der Waals surface area contributed by atoms with Crippen LogP contribution in [0.15, 0.2) is 109 Å². The number of aromatic nitrogens is 6. The number of phenolic OH excluding ortho intramolecular Hbond substituents is 5. The van der Waals surface area contributed by atoms with Gasteiger partial charge in [0.15, 0.2) is 53.3 Å². The Morgan fingerprint density at radius 3 is 0.768 bits per heavy atom. The smallest absolute Gasteiger partial charge is 0.346 e. The van der Waals surface area contributed by atoms with Crippen LogP contribution in [0.25, 0.3) is 68.3 Å². The normalized spacial score (nSPS) is 11.8. The highest BCUT2D eigenvalue weighted by molar-refractivity contribution is 5.79. The zero-order valence-corrected chi connectivity index (χ0v) is 45.9. The van der Waals surface area contributed by atoms with E-state index in [0.717, 1.165) is 0 Å². The number of ether oxygens (including phenoxy) is 10. The molecule has 2 heterocycles. The molecule has 0 fully saturated rings. The Labute approximate surface area is 469 Å². The monoisotopic (exact) mass is 1120 g/mol. The van der Waals surface area contributed by atoms with Crippen molar-refractivity contribution in [3.8, 4) is 137 Å². The van der Waals surface area contributed by atoms with Crippen LogP contribution in [0.1, 0.15) is 20.8 Å². The second-order valence-corrected chi connectivity index (χ2v) is 17.3. The molecule has 0 amide bonds. The fourth-order valence-electron chi connectivity index (χ4n) is 7.69. The van der Waals surface area contributed by atoms with E-state index in [1.54, 1.807) is 49.6 Å². The van der Waals surface area contributed by atoms with E-state index in [1.807, 2.05) is 0 Å². The molecule has 0 aliphatic rings. The predicted molar refractivity (Wildman–Crippen MR) is 293 cm³/mol. The maximum atomic E-state index is 11.8. The van der Waals surface area contributed by atoms with Crippen molar-refractivity contribution in [3.05, 3.63) is 109 Å². The van der Waals surface area contributed by atoms with Gasteiger partial charge in [0.1, 0.15) is 69.0 Å². The standard InChI is InChI=1S/C33H33N3O12.C25H23N3O6/c1-16(31(40)43-4)46-19-7-10-22(25(37)13-19)28-34-29(23-11-8-20(14-26(23)38)47-17(2)32(41)44-5)36-30(35-28)24-12-9-21(15-27(24)39)48-18(3)33(42)45-6;1-31-14-5-8-17(20(29)11-14)23-26-24(18-9-6-15(32-2)12-21(18)30)28-25(27-23)19-10-7-16(33-3)13-22(19)34-4/h7-18,37-39H,1-6H3;5-13,29-30H,1-4H3. The number of methoxy groups -OCH3 is 7. The van der Waals surface area contributed by atoms with Gasteiger partial charge in [0.2, 0.25) is 0 Å². The van der Waals surface area contributed by atoms with Crippen molar-refractivity contribution in [2.75, 3.05) is 49.8 Å². The summed E-state index contributed by atoms with van der Waals surface area (Å²) in [5.74, 6) is 0.134. The largest absolute Gasteiger partial charge is 0.507 e. The summed E-state index contributed by atoms with van der Waals surface area (Å²) in [6.07, 6.45) is -2.86. The van der Waals surface area contributed by atoms with Gasteiger partial charge in [-0.15, -0.1) is 0 Å². The Kier molecular flexibility index (Phi) is 19.0. The Balaban J connectivity index is 0.000000250. The average molecular weight is 1130 g/mol. The first kappa shape index (κ1) is 59.0. The van der Waals surface area contributed by atoms with Crippen LogP contribution in [0.5, 0.6) is 69.0 Å². The van der Waals surface area contributed by atoms with Gasteiger partial charge in [0.25, 0.3) is 0 Å². The Morgan fingerprint density at radius 2 is 0.537 bits per heavy atom. The number of carbonyl (C=O) groups is 3. The molecule has 8 aromatic rings. The molecule has 0 aliphatic carbocycles. The second kappa shape index (κ2) is 26.3. The van der Waals surface area contributed by atoms with Crippen molar-refractivity contribution < 1.29 is 87.3 Å². The zero-order chi connectivity index (χ0) is 59.4. The van der Waals surface area contributed by atoms with Crippen LogP contribution in [-0.2, 0) is 28.6 Å². The molecule has 82 heavy (non-hydrogen) atoms. The lowest BCUT2D eigenvalue weighted by Gasteiger charge is -2.15. The van der Waals surface area contributed by atoms with E-state index in [1.165, 1.54) is 130 Å². The van der Waals surface area contributed by atoms with Gasteiger partial charge >= 0.3 is 17.9 Å². The fourth-order valence-corrected chi connectivity index (χ4v) is 7.69. The molecule has 3 unspecified atom stereocenters. The summed E-state index contributed by atoms with van der Waals surface area (Å²) >= 11 is 0. The Bertz CT molecular complexity index is 3350. The van der Waals surface area contributed by atoms with Gasteiger partial charge in [-0.3, -0.25) is 0 Å². The van der Waals surface area contributed by atoms with E-state index in [-0.39, 0.29) is 97.6 Å². The lowest BCUT2D eigenvalue weighted by atomic mass is 10.1. The van der Waals surface area contributed by atoms with Crippen LogP contribution >= 0.6 is 0 Å². The number of aromatic hydroxyl groups is 5. The SMILES string of the molecule is COC(=O)C(C)Oc1ccc(-c2nc(-c3ccc(OC(C)C(=O)OC)cc3O)nc(-c3ccc(OC(C)C(=O)OC)cc3O)n2)c(O)c1.COc1ccc(-c2nc(-c3ccc(OC)cc3O)nc(-c3ccc(OC)cc3OC)n2)c(O)c1. The van der Waals surface area contributed by atoms with Gasteiger partial charge in [-0.25, -0.2) is 44.3 Å². The molecule has 3 atom stereocenters. The minimum absolute atomic E-state index is 0.0573. The van der Waals surface area contributed by atoms with Crippen LogP contribution in [0.4, 0.5) is 0 Å². The highest BCUT2D eigenvalue weighted by Crippen LogP contribution is 2.40. The van der Waals surface area contributed by atoms with Crippen LogP contribution < -0.4 is 33.2 Å². The van der Waals surface area contributed by atoms with Gasteiger partial charge in [-0.1, -0.05) is 0 Å². The molecule has 0 saturated carbocycles. The molecule has 5 N–H and O–H groups in total. The van der Waals surface area contributed by atoms with E-state index < -0.39 is 36.2 Å². The highest BCUT2D eigenvalue weighted by Gasteiger charge is 2.24. The van der Waals surface area contributed by atoms with E-state index >= 15 is 0 Å². The van der Waals surface area contributed by atoms with E-state index in [2.05, 4.69) is 44.1 Å². The maximum absolute atomic E-state index is 11.8. The third-order valence-corrected chi connectivity index (χ3v) is 12.0. The van der Waals surface area contributed by atoms with Crippen LogP contribution in [0.2, 0.25) is 0 Å². The van der Waals surface area contributed by atoms with Gasteiger partial charge < -0.3 is 72.9 Å². The number of carbonyl (C=O) groups excluding carboxylic acids is 3. The minimum atomic E-state index is -0.952. The van der Waals surface area contributed by atoms with Crippen molar-refractivity contribution in [2.24, 2.45) is 0 Å². The molecule has 426 valence electrons. The molecule has 2 aromatic heterocycles. The van der Waals surface area contributed by atoms with Crippen molar-refractivity contribution in [2.45, 2.75) is 39.1 Å². The summed E-state index contributed by atoms with van der Waals surface area (Å²) in [4.78, 5) is 62.5. The molecule has 8 rings (SSSR count). The van der Waals surface area contributed by atoms with Crippen LogP contribution in [0, 0.1) is 0 Å². The van der Waals surface area contributed by atoms with Crippen LogP contribution in [0.3, 0.4) is 0 Å². The first-order valence-corrected chi connectivity index (χ1v) is 24.5. The highest BCUT2D eigenvalue weighted by atomic mass is 16.6. The topological polar surface area (TPSA) is 322 Å². The number of benzene rings is 6.